The summed E-state index contributed by atoms with van der Waals surface area (Å²) in [5.41, 5.74) is 2.10. The number of aromatic nitrogens is 2. The van der Waals surface area contributed by atoms with E-state index in [-0.39, 0.29) is 5.91 Å². The van der Waals surface area contributed by atoms with Crippen LogP contribution in [0.1, 0.15) is 23.5 Å². The number of anilines is 1. The fourth-order valence-corrected chi connectivity index (χ4v) is 3.91. The van der Waals surface area contributed by atoms with Crippen LogP contribution in [0.3, 0.4) is 0 Å². The first-order valence-electron chi connectivity index (χ1n) is 9.13. The molecule has 0 aliphatic carbocycles. The van der Waals surface area contributed by atoms with E-state index in [2.05, 4.69) is 30.8 Å². The number of nitrogens with zero attached hydrogens (tertiary/aromatic N) is 4. The molecule has 1 aliphatic heterocycles. The van der Waals surface area contributed by atoms with E-state index in [0.717, 1.165) is 65.7 Å². The summed E-state index contributed by atoms with van der Waals surface area (Å²) in [6, 6.07) is 7.96. The predicted octanol–water partition coefficient (Wildman–Crippen LogP) is 3.15. The van der Waals surface area contributed by atoms with Gasteiger partial charge in [-0.05, 0) is 53.9 Å². The fourth-order valence-electron chi connectivity index (χ4n) is 3.32. The second kappa shape index (κ2) is 8.69. The molecule has 0 atom stereocenters. The van der Waals surface area contributed by atoms with E-state index in [4.69, 9.17) is 4.74 Å². The maximum atomic E-state index is 12.6. The number of methoxy groups -OCH3 is 1. The Morgan fingerprint density at radius 2 is 1.89 bits per heavy atom. The van der Waals surface area contributed by atoms with E-state index >= 15 is 0 Å². The van der Waals surface area contributed by atoms with Gasteiger partial charge in [-0.15, -0.1) is 0 Å². The number of aryl methyl sites for hydroxylation is 3. The van der Waals surface area contributed by atoms with E-state index < -0.39 is 0 Å². The molecule has 27 heavy (non-hydrogen) atoms. The van der Waals surface area contributed by atoms with Crippen LogP contribution in [0.4, 0.5) is 5.82 Å². The van der Waals surface area contributed by atoms with Gasteiger partial charge in [0, 0.05) is 44.4 Å². The minimum atomic E-state index is 0.205. The SMILES string of the molecule is COc1ccc(CCC(=O)N2CCN(c3cc(C)nc(C)n3)CC2)cc1Br. The Morgan fingerprint density at radius 3 is 2.52 bits per heavy atom. The molecule has 2 aromatic rings. The Hall–Kier alpha value is -2.15. The van der Waals surface area contributed by atoms with Crippen molar-refractivity contribution in [3.63, 3.8) is 0 Å². The topological polar surface area (TPSA) is 58.6 Å². The zero-order chi connectivity index (χ0) is 19.4. The zero-order valence-corrected chi connectivity index (χ0v) is 17.6. The summed E-state index contributed by atoms with van der Waals surface area (Å²) in [6.45, 7) is 6.95. The van der Waals surface area contributed by atoms with Crippen LogP contribution in [0.5, 0.6) is 5.75 Å². The largest absolute Gasteiger partial charge is 0.496 e. The summed E-state index contributed by atoms with van der Waals surface area (Å²) in [5.74, 6) is 2.75. The molecule has 0 radical (unpaired) electrons. The van der Waals surface area contributed by atoms with Crippen molar-refractivity contribution in [2.45, 2.75) is 26.7 Å². The number of ether oxygens (including phenoxy) is 1. The van der Waals surface area contributed by atoms with Gasteiger partial charge in [-0.3, -0.25) is 4.79 Å². The number of hydrogen-bond donors (Lipinski definition) is 0. The maximum Gasteiger partial charge on any atom is 0.223 e. The predicted molar refractivity (Wildman–Crippen MR) is 109 cm³/mol. The summed E-state index contributed by atoms with van der Waals surface area (Å²) < 4.78 is 6.16. The summed E-state index contributed by atoms with van der Waals surface area (Å²) in [4.78, 5) is 25.6. The third kappa shape index (κ3) is 4.97. The highest BCUT2D eigenvalue weighted by molar-refractivity contribution is 9.10. The maximum absolute atomic E-state index is 12.6. The molecule has 1 saturated heterocycles. The molecule has 0 saturated carbocycles. The molecule has 0 bridgehead atoms. The molecule has 0 N–H and O–H groups in total. The molecule has 1 aromatic carbocycles. The van der Waals surface area contributed by atoms with Crippen molar-refractivity contribution in [3.05, 3.63) is 45.8 Å². The average Bonchev–Trinajstić information content (AvgIpc) is 2.65. The molecule has 2 heterocycles. The number of hydrogen-bond acceptors (Lipinski definition) is 5. The first kappa shape index (κ1) is 19.6. The average molecular weight is 433 g/mol. The lowest BCUT2D eigenvalue weighted by atomic mass is 10.1. The van der Waals surface area contributed by atoms with Crippen molar-refractivity contribution in [1.29, 1.82) is 0 Å². The van der Waals surface area contributed by atoms with Crippen molar-refractivity contribution in [2.24, 2.45) is 0 Å². The number of carbonyl (C=O) groups is 1. The van der Waals surface area contributed by atoms with Gasteiger partial charge in [-0.1, -0.05) is 6.07 Å². The molecule has 7 heteroatoms. The van der Waals surface area contributed by atoms with Gasteiger partial charge in [0.25, 0.3) is 0 Å². The quantitative estimate of drug-likeness (QED) is 0.725. The third-order valence-electron chi connectivity index (χ3n) is 4.75. The molecule has 1 amide bonds. The lowest BCUT2D eigenvalue weighted by Crippen LogP contribution is -2.49. The van der Waals surface area contributed by atoms with Crippen LogP contribution in [0.25, 0.3) is 0 Å². The Bertz CT molecular complexity index is 799. The van der Waals surface area contributed by atoms with Crippen LogP contribution in [-0.4, -0.2) is 54.1 Å². The van der Waals surface area contributed by atoms with Crippen LogP contribution >= 0.6 is 15.9 Å². The van der Waals surface area contributed by atoms with Crippen molar-refractivity contribution in [2.75, 3.05) is 38.2 Å². The van der Waals surface area contributed by atoms with Gasteiger partial charge >= 0.3 is 0 Å². The monoisotopic (exact) mass is 432 g/mol. The lowest BCUT2D eigenvalue weighted by molar-refractivity contribution is -0.131. The number of carbonyl (C=O) groups excluding carboxylic acids is 1. The van der Waals surface area contributed by atoms with Crippen molar-refractivity contribution in [1.82, 2.24) is 14.9 Å². The minimum Gasteiger partial charge on any atom is -0.496 e. The molecule has 0 spiro atoms. The van der Waals surface area contributed by atoms with E-state index in [1.54, 1.807) is 7.11 Å². The molecule has 3 rings (SSSR count). The van der Waals surface area contributed by atoms with Gasteiger partial charge in [0.1, 0.15) is 17.4 Å². The van der Waals surface area contributed by atoms with Gasteiger partial charge in [0.05, 0.1) is 11.6 Å². The minimum absolute atomic E-state index is 0.205. The van der Waals surface area contributed by atoms with Gasteiger partial charge < -0.3 is 14.5 Å². The van der Waals surface area contributed by atoms with E-state index in [0.29, 0.717) is 6.42 Å². The Kier molecular flexibility index (Phi) is 6.31. The standard InChI is InChI=1S/C20H25BrN4O2/c1-14-12-19(23-15(2)22-14)24-8-10-25(11-9-24)20(26)7-5-16-4-6-18(27-3)17(21)13-16/h4,6,12-13H,5,7-11H2,1-3H3. The number of benzene rings is 1. The molecule has 0 unspecified atom stereocenters. The Morgan fingerprint density at radius 1 is 1.15 bits per heavy atom. The van der Waals surface area contributed by atoms with E-state index in [1.807, 2.05) is 43.0 Å². The first-order chi connectivity index (χ1) is 13.0. The lowest BCUT2D eigenvalue weighted by Gasteiger charge is -2.35. The molecular formula is C20H25BrN4O2. The second-order valence-corrected chi connectivity index (χ2v) is 7.61. The van der Waals surface area contributed by atoms with Crippen LogP contribution in [0, 0.1) is 13.8 Å². The fraction of sp³-hybridized carbons (Fsp3) is 0.450. The van der Waals surface area contributed by atoms with Crippen molar-refractivity contribution < 1.29 is 9.53 Å². The highest BCUT2D eigenvalue weighted by atomic mass is 79.9. The molecular weight excluding hydrogens is 408 g/mol. The van der Waals surface area contributed by atoms with Crippen LogP contribution in [0.15, 0.2) is 28.7 Å². The normalized spacial score (nSPS) is 14.4. The summed E-state index contributed by atoms with van der Waals surface area (Å²) in [7, 11) is 1.65. The van der Waals surface area contributed by atoms with Gasteiger partial charge in [-0.2, -0.15) is 0 Å². The molecule has 1 aliphatic rings. The highest BCUT2D eigenvalue weighted by Gasteiger charge is 2.22. The van der Waals surface area contributed by atoms with Gasteiger partial charge in [0.2, 0.25) is 5.91 Å². The molecule has 6 nitrogen and oxygen atoms in total. The van der Waals surface area contributed by atoms with E-state index in [1.165, 1.54) is 0 Å². The number of amides is 1. The first-order valence-corrected chi connectivity index (χ1v) is 9.93. The smallest absolute Gasteiger partial charge is 0.223 e. The number of halogens is 1. The zero-order valence-electron chi connectivity index (χ0n) is 16.0. The molecule has 1 aromatic heterocycles. The number of rotatable bonds is 5. The van der Waals surface area contributed by atoms with Crippen molar-refractivity contribution >= 4 is 27.7 Å². The van der Waals surface area contributed by atoms with Gasteiger partial charge in [0.15, 0.2) is 0 Å². The Labute approximate surface area is 168 Å². The summed E-state index contributed by atoms with van der Waals surface area (Å²) >= 11 is 3.49. The van der Waals surface area contributed by atoms with E-state index in [9.17, 15) is 4.79 Å². The Balaban J connectivity index is 1.52. The highest BCUT2D eigenvalue weighted by Crippen LogP contribution is 2.26. The van der Waals surface area contributed by atoms with Gasteiger partial charge in [-0.25, -0.2) is 9.97 Å². The summed E-state index contributed by atoms with van der Waals surface area (Å²) in [6.07, 6.45) is 1.25. The van der Waals surface area contributed by atoms with Crippen LogP contribution in [-0.2, 0) is 11.2 Å². The summed E-state index contributed by atoms with van der Waals surface area (Å²) in [5, 5.41) is 0. The molecule has 144 valence electrons. The number of piperazine rings is 1. The second-order valence-electron chi connectivity index (χ2n) is 6.75. The van der Waals surface area contributed by atoms with Crippen LogP contribution < -0.4 is 9.64 Å². The third-order valence-corrected chi connectivity index (χ3v) is 5.37. The van der Waals surface area contributed by atoms with Crippen LogP contribution in [0.2, 0.25) is 0 Å². The van der Waals surface area contributed by atoms with Crippen molar-refractivity contribution in [3.8, 4) is 5.75 Å². The molecule has 1 fully saturated rings.